The Labute approximate surface area is 135 Å². The number of nitrogens with zero attached hydrogens (tertiary/aromatic N) is 1. The van der Waals surface area contributed by atoms with Crippen LogP contribution in [0.3, 0.4) is 0 Å². The van der Waals surface area contributed by atoms with Gasteiger partial charge in [0.25, 0.3) is 5.69 Å². The summed E-state index contributed by atoms with van der Waals surface area (Å²) in [6.07, 6.45) is 1.47. The van der Waals surface area contributed by atoms with E-state index < -0.39 is 10.5 Å². The smallest absolute Gasteiger partial charge is 0.365 e. The predicted octanol–water partition coefficient (Wildman–Crippen LogP) is 1.99. The van der Waals surface area contributed by atoms with Crippen LogP contribution in [0.15, 0.2) is 38.0 Å². The average molecular weight is 326 g/mol. The third kappa shape index (κ3) is 2.67. The summed E-state index contributed by atoms with van der Waals surface area (Å²) in [6.45, 7) is 7.34. The highest BCUT2D eigenvalue weighted by Gasteiger charge is 2.19. The molecule has 3 rings (SSSR count). The van der Waals surface area contributed by atoms with Gasteiger partial charge >= 0.3 is 5.63 Å². The Morgan fingerprint density at radius 2 is 1.96 bits per heavy atom. The average Bonchev–Trinajstić information content (AvgIpc) is 3.11. The normalized spacial score (nSPS) is 11.8. The van der Waals surface area contributed by atoms with E-state index in [4.69, 9.17) is 4.42 Å². The van der Waals surface area contributed by atoms with Crippen LogP contribution in [0.5, 0.6) is 0 Å². The SMILES string of the molecule is C=c1[nH]oc(=O)c1=Cc1ccc(-c2cc(C)c(C)cc2[N+](=O)[O-])o1. The molecular formula is C17H14N2O5. The number of aromatic nitrogens is 1. The number of rotatable bonds is 3. The summed E-state index contributed by atoms with van der Waals surface area (Å²) in [7, 11) is 0. The maximum Gasteiger partial charge on any atom is 0.365 e. The number of hydrogen-bond acceptors (Lipinski definition) is 5. The minimum Gasteiger partial charge on any atom is -0.456 e. The Kier molecular flexibility index (Phi) is 3.69. The quantitative estimate of drug-likeness (QED) is 0.586. The van der Waals surface area contributed by atoms with Crippen molar-refractivity contribution in [1.82, 2.24) is 5.16 Å². The van der Waals surface area contributed by atoms with Gasteiger partial charge in [0, 0.05) is 6.07 Å². The van der Waals surface area contributed by atoms with Gasteiger partial charge in [0.2, 0.25) is 0 Å². The number of aryl methyl sites for hydroxylation is 2. The fourth-order valence-corrected chi connectivity index (χ4v) is 2.35. The Morgan fingerprint density at radius 3 is 2.58 bits per heavy atom. The van der Waals surface area contributed by atoms with E-state index >= 15 is 0 Å². The first kappa shape index (κ1) is 15.5. The van der Waals surface area contributed by atoms with Crippen molar-refractivity contribution in [3.63, 3.8) is 0 Å². The van der Waals surface area contributed by atoms with E-state index in [0.717, 1.165) is 11.1 Å². The molecule has 1 aromatic carbocycles. The molecule has 0 aliphatic rings. The molecule has 122 valence electrons. The molecule has 0 aliphatic heterocycles. The fourth-order valence-electron chi connectivity index (χ4n) is 2.35. The van der Waals surface area contributed by atoms with Gasteiger partial charge in [-0.2, -0.15) is 0 Å². The first-order chi connectivity index (χ1) is 11.4. The second kappa shape index (κ2) is 5.69. The Balaban J connectivity index is 2.14. The van der Waals surface area contributed by atoms with Gasteiger partial charge in [0.15, 0.2) is 0 Å². The number of nitro benzene ring substituents is 1. The zero-order chi connectivity index (χ0) is 17.4. The summed E-state index contributed by atoms with van der Waals surface area (Å²) in [5.74, 6) is 0.718. The number of benzene rings is 1. The number of aromatic amines is 1. The van der Waals surface area contributed by atoms with Crippen molar-refractivity contribution in [3.8, 4) is 11.3 Å². The highest BCUT2D eigenvalue weighted by atomic mass is 16.6. The van der Waals surface area contributed by atoms with Crippen LogP contribution in [-0.2, 0) is 0 Å². The molecule has 0 amide bonds. The Bertz CT molecular complexity index is 1070. The molecule has 24 heavy (non-hydrogen) atoms. The number of furan rings is 1. The standard InChI is InChI=1S/C17H14N2O5/c1-9-6-14(15(19(21)22)7-10(9)2)16-5-4-12(23-16)8-13-11(3)18-24-17(13)20/h4-8,18H,3H2,1-2H3. The van der Waals surface area contributed by atoms with Crippen LogP contribution in [0.25, 0.3) is 24.0 Å². The summed E-state index contributed by atoms with van der Waals surface area (Å²) < 4.78 is 10.3. The second-order valence-electron chi connectivity index (χ2n) is 5.44. The molecule has 2 aromatic heterocycles. The molecule has 0 unspecified atom stereocenters. The number of nitro groups is 1. The summed E-state index contributed by atoms with van der Waals surface area (Å²) in [5, 5.41) is 14.2. The van der Waals surface area contributed by atoms with Crippen LogP contribution >= 0.6 is 0 Å². The minimum atomic E-state index is -0.560. The van der Waals surface area contributed by atoms with Crippen LogP contribution in [0.1, 0.15) is 16.9 Å². The first-order valence-corrected chi connectivity index (χ1v) is 7.11. The molecule has 0 bridgehead atoms. The van der Waals surface area contributed by atoms with Gasteiger partial charge in [0.1, 0.15) is 11.5 Å². The van der Waals surface area contributed by atoms with Crippen molar-refractivity contribution in [2.75, 3.05) is 0 Å². The third-order valence-corrected chi connectivity index (χ3v) is 3.80. The van der Waals surface area contributed by atoms with E-state index in [2.05, 4.69) is 16.3 Å². The molecule has 7 heteroatoms. The van der Waals surface area contributed by atoms with E-state index in [9.17, 15) is 14.9 Å². The lowest BCUT2D eigenvalue weighted by molar-refractivity contribution is -0.384. The number of hydrogen-bond donors (Lipinski definition) is 1. The third-order valence-electron chi connectivity index (χ3n) is 3.80. The first-order valence-electron chi connectivity index (χ1n) is 7.11. The van der Waals surface area contributed by atoms with Gasteiger partial charge in [-0.05, 0) is 49.2 Å². The topological polar surface area (TPSA) is 102 Å². The van der Waals surface area contributed by atoms with E-state index in [-0.39, 0.29) is 10.9 Å². The Morgan fingerprint density at radius 1 is 1.25 bits per heavy atom. The van der Waals surface area contributed by atoms with Gasteiger partial charge in [-0.15, -0.1) is 0 Å². The highest BCUT2D eigenvalue weighted by Crippen LogP contribution is 2.33. The van der Waals surface area contributed by atoms with Gasteiger partial charge in [-0.3, -0.25) is 10.1 Å². The molecule has 0 fully saturated rings. The Hall–Kier alpha value is -3.35. The van der Waals surface area contributed by atoms with Crippen molar-refractivity contribution >= 4 is 18.3 Å². The molecule has 1 N–H and O–H groups in total. The molecular weight excluding hydrogens is 312 g/mol. The maximum atomic E-state index is 11.5. The zero-order valence-corrected chi connectivity index (χ0v) is 13.1. The van der Waals surface area contributed by atoms with Crippen molar-refractivity contribution in [2.45, 2.75) is 13.8 Å². The van der Waals surface area contributed by atoms with E-state index in [1.165, 1.54) is 12.1 Å². The molecule has 7 nitrogen and oxygen atoms in total. The van der Waals surface area contributed by atoms with Gasteiger partial charge in [-0.25, -0.2) is 9.95 Å². The molecule has 0 radical (unpaired) electrons. The van der Waals surface area contributed by atoms with E-state index in [1.54, 1.807) is 18.2 Å². The molecule has 0 aliphatic carbocycles. The molecule has 0 spiro atoms. The summed E-state index contributed by atoms with van der Waals surface area (Å²) in [5.41, 5.74) is 1.55. The largest absolute Gasteiger partial charge is 0.456 e. The van der Waals surface area contributed by atoms with Crippen LogP contribution in [0.4, 0.5) is 5.69 Å². The molecule has 0 saturated carbocycles. The maximum absolute atomic E-state index is 11.5. The lowest BCUT2D eigenvalue weighted by Gasteiger charge is -2.04. The minimum absolute atomic E-state index is 0.0296. The lowest BCUT2D eigenvalue weighted by Crippen LogP contribution is -2.31. The highest BCUT2D eigenvalue weighted by molar-refractivity contribution is 5.72. The number of nitrogens with one attached hydrogen (secondary N) is 1. The van der Waals surface area contributed by atoms with Crippen LogP contribution in [0.2, 0.25) is 0 Å². The molecule has 2 heterocycles. The van der Waals surface area contributed by atoms with Gasteiger partial charge in [0.05, 0.1) is 21.1 Å². The molecule has 0 atom stereocenters. The van der Waals surface area contributed by atoms with Crippen molar-refractivity contribution in [1.29, 1.82) is 0 Å². The lowest BCUT2D eigenvalue weighted by atomic mass is 10.0. The number of H-pyrrole nitrogens is 1. The summed E-state index contributed by atoms with van der Waals surface area (Å²) in [4.78, 5) is 22.4. The monoisotopic (exact) mass is 326 g/mol. The molecule has 0 saturated heterocycles. The van der Waals surface area contributed by atoms with E-state index in [0.29, 0.717) is 22.4 Å². The van der Waals surface area contributed by atoms with Crippen LogP contribution in [0, 0.1) is 24.0 Å². The van der Waals surface area contributed by atoms with Gasteiger partial charge in [-0.1, -0.05) is 6.58 Å². The fraction of sp³-hybridized carbons (Fsp3) is 0.118. The van der Waals surface area contributed by atoms with E-state index in [1.807, 2.05) is 13.8 Å². The van der Waals surface area contributed by atoms with Crippen molar-refractivity contribution in [3.05, 3.63) is 72.3 Å². The van der Waals surface area contributed by atoms with Gasteiger partial charge < -0.3 is 8.94 Å². The predicted molar refractivity (Wildman–Crippen MR) is 87.9 cm³/mol. The molecule has 3 aromatic rings. The summed E-state index contributed by atoms with van der Waals surface area (Å²) in [6, 6.07) is 6.49. The zero-order valence-electron chi connectivity index (χ0n) is 13.1. The van der Waals surface area contributed by atoms with Crippen molar-refractivity contribution in [2.24, 2.45) is 0 Å². The summed E-state index contributed by atoms with van der Waals surface area (Å²) >= 11 is 0. The van der Waals surface area contributed by atoms with Crippen LogP contribution < -0.4 is 16.2 Å². The van der Waals surface area contributed by atoms with Crippen LogP contribution in [-0.4, -0.2) is 10.1 Å². The second-order valence-corrected chi connectivity index (χ2v) is 5.44. The van der Waals surface area contributed by atoms with Crippen molar-refractivity contribution < 1.29 is 13.9 Å².